The summed E-state index contributed by atoms with van der Waals surface area (Å²) in [4.78, 5) is 15.3. The molecule has 1 aliphatic heterocycles. The maximum Gasteiger partial charge on any atom is 0.262 e. The fourth-order valence-corrected chi connectivity index (χ4v) is 3.78. The van der Waals surface area contributed by atoms with Gasteiger partial charge < -0.3 is 19.5 Å². The summed E-state index contributed by atoms with van der Waals surface area (Å²) in [7, 11) is 4.72. The molecule has 1 atom stereocenters. The molecule has 1 N–H and O–H groups in total. The van der Waals surface area contributed by atoms with Crippen LogP contribution in [0, 0.1) is 6.92 Å². The van der Waals surface area contributed by atoms with Crippen LogP contribution in [0.4, 0.5) is 11.4 Å². The van der Waals surface area contributed by atoms with Crippen molar-refractivity contribution in [2.24, 2.45) is 0 Å². The maximum atomic E-state index is 13.6. The average molecular weight is 404 g/mol. The third-order valence-corrected chi connectivity index (χ3v) is 5.27. The molecule has 0 saturated carbocycles. The number of hydrogen-bond acceptors (Lipinski definition) is 5. The van der Waals surface area contributed by atoms with Crippen LogP contribution >= 0.6 is 0 Å². The molecule has 1 aliphatic rings. The fraction of sp³-hybridized carbons (Fsp3) is 0.208. The highest BCUT2D eigenvalue weighted by Gasteiger charge is 2.36. The molecule has 0 unspecified atom stereocenters. The second-order valence-corrected chi connectivity index (χ2v) is 7.03. The Balaban J connectivity index is 1.92. The van der Waals surface area contributed by atoms with Gasteiger partial charge in [-0.15, -0.1) is 0 Å². The Bertz CT molecular complexity index is 1080. The number of hydrogen-bond donors (Lipinski definition) is 1. The number of nitrogens with one attached hydrogen (secondary N) is 1. The van der Waals surface area contributed by atoms with E-state index in [2.05, 4.69) is 5.32 Å². The van der Waals surface area contributed by atoms with E-state index in [0.717, 1.165) is 22.5 Å². The van der Waals surface area contributed by atoms with Crippen LogP contribution in [-0.4, -0.2) is 27.2 Å². The summed E-state index contributed by atoms with van der Waals surface area (Å²) < 4.78 is 16.7. The SMILES string of the molecule is COc1ccc([C@H]2Nc3ccccc3C(=O)N2c2ccc(C)cc2)c(OC)c1OC. The lowest BCUT2D eigenvalue weighted by Gasteiger charge is -2.38. The number of ether oxygens (including phenoxy) is 3. The van der Waals surface area contributed by atoms with E-state index < -0.39 is 6.17 Å². The Morgan fingerprint density at radius 3 is 2.20 bits per heavy atom. The molecule has 0 saturated heterocycles. The Kier molecular flexibility index (Phi) is 5.23. The minimum atomic E-state index is -0.495. The first kappa shape index (κ1) is 19.6. The number of para-hydroxylation sites is 1. The molecule has 3 aromatic carbocycles. The monoisotopic (exact) mass is 404 g/mol. The Morgan fingerprint density at radius 1 is 0.833 bits per heavy atom. The molecule has 6 heteroatoms. The Hall–Kier alpha value is -3.67. The van der Waals surface area contributed by atoms with Gasteiger partial charge in [0.25, 0.3) is 5.91 Å². The number of carbonyl (C=O) groups excluding carboxylic acids is 1. The summed E-state index contributed by atoms with van der Waals surface area (Å²) >= 11 is 0. The molecule has 0 radical (unpaired) electrons. The zero-order valence-corrected chi connectivity index (χ0v) is 17.4. The molecule has 30 heavy (non-hydrogen) atoms. The number of anilines is 2. The predicted molar refractivity (Wildman–Crippen MR) is 117 cm³/mol. The van der Waals surface area contributed by atoms with Crippen molar-refractivity contribution in [2.75, 3.05) is 31.5 Å². The zero-order chi connectivity index (χ0) is 21.3. The lowest BCUT2D eigenvalue weighted by molar-refractivity contribution is 0.0974. The summed E-state index contributed by atoms with van der Waals surface area (Å²) in [6.07, 6.45) is -0.495. The number of benzene rings is 3. The van der Waals surface area contributed by atoms with Crippen LogP contribution in [0.25, 0.3) is 0 Å². The first-order valence-corrected chi connectivity index (χ1v) is 9.63. The minimum Gasteiger partial charge on any atom is -0.493 e. The van der Waals surface area contributed by atoms with Crippen molar-refractivity contribution in [1.82, 2.24) is 0 Å². The van der Waals surface area contributed by atoms with Gasteiger partial charge in [-0.3, -0.25) is 9.69 Å². The minimum absolute atomic E-state index is 0.0879. The van der Waals surface area contributed by atoms with E-state index in [1.165, 1.54) is 0 Å². The number of amides is 1. The van der Waals surface area contributed by atoms with Crippen LogP contribution in [0.5, 0.6) is 17.2 Å². The van der Waals surface area contributed by atoms with E-state index in [1.54, 1.807) is 26.2 Å². The topological polar surface area (TPSA) is 60.0 Å². The van der Waals surface area contributed by atoms with Gasteiger partial charge in [-0.25, -0.2) is 0 Å². The standard InChI is InChI=1S/C24H24N2O4/c1-15-9-11-16(12-10-15)26-23(25-19-8-6-5-7-17(19)24(26)27)18-13-14-20(28-2)22(30-4)21(18)29-3/h5-14,23,25H,1-4H3/t23-/m0/s1. The molecule has 1 amide bonds. The fourth-order valence-electron chi connectivity index (χ4n) is 3.78. The summed E-state index contributed by atoms with van der Waals surface area (Å²) in [6, 6.07) is 19.1. The number of carbonyl (C=O) groups is 1. The molecule has 6 nitrogen and oxygen atoms in total. The highest BCUT2D eigenvalue weighted by atomic mass is 16.5. The van der Waals surface area contributed by atoms with Crippen LogP contribution in [0.1, 0.15) is 27.7 Å². The number of fused-ring (bicyclic) bond motifs is 1. The van der Waals surface area contributed by atoms with Crippen molar-refractivity contribution in [3.8, 4) is 17.2 Å². The van der Waals surface area contributed by atoms with Gasteiger partial charge >= 0.3 is 0 Å². The smallest absolute Gasteiger partial charge is 0.262 e. The molecular weight excluding hydrogens is 380 g/mol. The van der Waals surface area contributed by atoms with Gasteiger partial charge in [-0.05, 0) is 43.3 Å². The van der Waals surface area contributed by atoms with Crippen molar-refractivity contribution in [2.45, 2.75) is 13.1 Å². The summed E-state index contributed by atoms with van der Waals surface area (Å²) in [5, 5.41) is 3.50. The van der Waals surface area contributed by atoms with Gasteiger partial charge in [-0.1, -0.05) is 29.8 Å². The molecule has 0 aromatic heterocycles. The van der Waals surface area contributed by atoms with Crippen LogP contribution in [0.3, 0.4) is 0 Å². The second-order valence-electron chi connectivity index (χ2n) is 7.03. The van der Waals surface area contributed by atoms with Crippen molar-refractivity contribution in [3.05, 3.63) is 77.4 Å². The maximum absolute atomic E-state index is 13.6. The average Bonchev–Trinajstić information content (AvgIpc) is 2.78. The molecule has 3 aromatic rings. The zero-order valence-electron chi connectivity index (χ0n) is 17.4. The number of nitrogens with zero attached hydrogens (tertiary/aromatic N) is 1. The van der Waals surface area contributed by atoms with E-state index in [0.29, 0.717) is 22.8 Å². The van der Waals surface area contributed by atoms with Gasteiger partial charge in [0, 0.05) is 16.9 Å². The van der Waals surface area contributed by atoms with Gasteiger partial charge in [-0.2, -0.15) is 0 Å². The number of methoxy groups -OCH3 is 3. The molecular formula is C24H24N2O4. The van der Waals surface area contributed by atoms with E-state index in [9.17, 15) is 4.79 Å². The molecule has 154 valence electrons. The molecule has 0 fully saturated rings. The third-order valence-electron chi connectivity index (χ3n) is 5.27. The summed E-state index contributed by atoms with van der Waals surface area (Å²) in [5.41, 5.74) is 4.06. The second kappa shape index (κ2) is 7.99. The molecule has 1 heterocycles. The predicted octanol–water partition coefficient (Wildman–Crippen LogP) is 4.79. The van der Waals surface area contributed by atoms with Crippen LogP contribution < -0.4 is 24.4 Å². The van der Waals surface area contributed by atoms with Crippen LogP contribution in [0.15, 0.2) is 60.7 Å². The van der Waals surface area contributed by atoms with Crippen molar-refractivity contribution in [3.63, 3.8) is 0 Å². The highest BCUT2D eigenvalue weighted by Crippen LogP contribution is 2.46. The first-order chi connectivity index (χ1) is 14.6. The number of aryl methyl sites for hydroxylation is 1. The van der Waals surface area contributed by atoms with Crippen molar-refractivity contribution >= 4 is 17.3 Å². The normalized spacial score (nSPS) is 15.3. The lowest BCUT2D eigenvalue weighted by Crippen LogP contribution is -2.43. The van der Waals surface area contributed by atoms with Crippen molar-refractivity contribution < 1.29 is 19.0 Å². The first-order valence-electron chi connectivity index (χ1n) is 9.63. The van der Waals surface area contributed by atoms with Crippen molar-refractivity contribution in [1.29, 1.82) is 0 Å². The Morgan fingerprint density at radius 2 is 1.53 bits per heavy atom. The summed E-state index contributed by atoms with van der Waals surface area (Å²) in [6.45, 7) is 2.02. The Labute approximate surface area is 176 Å². The van der Waals surface area contributed by atoms with Gasteiger partial charge in [0.2, 0.25) is 5.75 Å². The number of rotatable bonds is 5. The largest absolute Gasteiger partial charge is 0.493 e. The lowest BCUT2D eigenvalue weighted by atomic mass is 10.0. The van der Waals surface area contributed by atoms with E-state index in [1.807, 2.05) is 67.6 Å². The quantitative estimate of drug-likeness (QED) is 0.662. The van der Waals surface area contributed by atoms with Gasteiger partial charge in [0.05, 0.1) is 26.9 Å². The van der Waals surface area contributed by atoms with Crippen LogP contribution in [0.2, 0.25) is 0 Å². The molecule has 4 rings (SSSR count). The highest BCUT2D eigenvalue weighted by molar-refractivity contribution is 6.12. The molecule has 0 spiro atoms. The third kappa shape index (κ3) is 3.20. The van der Waals surface area contributed by atoms with Crippen LogP contribution in [-0.2, 0) is 0 Å². The van der Waals surface area contributed by atoms with E-state index in [-0.39, 0.29) is 5.91 Å². The van der Waals surface area contributed by atoms with Gasteiger partial charge in [0.1, 0.15) is 6.17 Å². The molecule has 0 bridgehead atoms. The van der Waals surface area contributed by atoms with Gasteiger partial charge in [0.15, 0.2) is 11.5 Å². The summed E-state index contributed by atoms with van der Waals surface area (Å²) in [5.74, 6) is 1.46. The molecule has 0 aliphatic carbocycles. The van der Waals surface area contributed by atoms with E-state index in [4.69, 9.17) is 14.2 Å². The van der Waals surface area contributed by atoms with E-state index >= 15 is 0 Å².